The lowest BCUT2D eigenvalue weighted by atomic mass is 10.2. The first-order valence-corrected chi connectivity index (χ1v) is 6.07. The number of hydrogen-bond donors (Lipinski definition) is 2. The van der Waals surface area contributed by atoms with Crippen LogP contribution in [0.4, 0.5) is 17.5 Å². The summed E-state index contributed by atoms with van der Waals surface area (Å²) < 4.78 is 5.24. The highest BCUT2D eigenvalue weighted by atomic mass is 16.5. The molecule has 2 aromatic rings. The highest BCUT2D eigenvalue weighted by Crippen LogP contribution is 2.23. The summed E-state index contributed by atoms with van der Waals surface area (Å²) in [6.45, 7) is 3.94. The number of aromatic nitrogens is 2. The van der Waals surface area contributed by atoms with E-state index in [0.29, 0.717) is 5.95 Å². The van der Waals surface area contributed by atoms with E-state index in [0.717, 1.165) is 28.5 Å². The molecule has 1 aromatic heterocycles. The topological polar surface area (TPSA) is 59.1 Å². The molecule has 0 radical (unpaired) electrons. The largest absolute Gasteiger partial charge is 0.496 e. The van der Waals surface area contributed by atoms with E-state index in [-0.39, 0.29) is 0 Å². The minimum atomic E-state index is 0.578. The lowest BCUT2D eigenvalue weighted by Gasteiger charge is -2.10. The summed E-state index contributed by atoms with van der Waals surface area (Å²) in [5.74, 6) is 2.24. The van der Waals surface area contributed by atoms with Crippen LogP contribution in [0.1, 0.15) is 11.3 Å². The fraction of sp³-hybridized carbons (Fsp3) is 0.286. The molecule has 0 aliphatic carbocycles. The van der Waals surface area contributed by atoms with Gasteiger partial charge in [0.1, 0.15) is 11.6 Å². The lowest BCUT2D eigenvalue weighted by Crippen LogP contribution is -2.02. The third kappa shape index (κ3) is 3.13. The van der Waals surface area contributed by atoms with Crippen molar-refractivity contribution in [2.24, 2.45) is 0 Å². The fourth-order valence-electron chi connectivity index (χ4n) is 1.84. The molecule has 100 valence electrons. The number of rotatable bonds is 4. The summed E-state index contributed by atoms with van der Waals surface area (Å²) in [5, 5.41) is 6.21. The van der Waals surface area contributed by atoms with Crippen LogP contribution in [0.2, 0.25) is 0 Å². The van der Waals surface area contributed by atoms with E-state index in [4.69, 9.17) is 4.74 Å². The number of hydrogen-bond acceptors (Lipinski definition) is 5. The van der Waals surface area contributed by atoms with Crippen molar-refractivity contribution in [1.82, 2.24) is 9.97 Å². The summed E-state index contributed by atoms with van der Waals surface area (Å²) >= 11 is 0. The molecule has 0 bridgehead atoms. The van der Waals surface area contributed by atoms with Gasteiger partial charge in [0, 0.05) is 24.5 Å². The summed E-state index contributed by atoms with van der Waals surface area (Å²) in [7, 11) is 3.50. The van der Waals surface area contributed by atoms with Gasteiger partial charge in [-0.15, -0.1) is 0 Å². The van der Waals surface area contributed by atoms with Gasteiger partial charge in [0.05, 0.1) is 7.11 Å². The van der Waals surface area contributed by atoms with Crippen molar-refractivity contribution < 1.29 is 4.74 Å². The summed E-state index contributed by atoms with van der Waals surface area (Å²) in [6, 6.07) is 7.76. The van der Waals surface area contributed by atoms with Gasteiger partial charge in [-0.05, 0) is 37.6 Å². The summed E-state index contributed by atoms with van der Waals surface area (Å²) in [6.07, 6.45) is 0. The summed E-state index contributed by atoms with van der Waals surface area (Å²) in [5.41, 5.74) is 2.91. The Kier molecular flexibility index (Phi) is 3.85. The van der Waals surface area contributed by atoms with E-state index >= 15 is 0 Å². The highest BCUT2D eigenvalue weighted by molar-refractivity contribution is 5.58. The lowest BCUT2D eigenvalue weighted by molar-refractivity contribution is 0.412. The third-order valence-electron chi connectivity index (χ3n) is 2.76. The molecule has 2 N–H and O–H groups in total. The first-order chi connectivity index (χ1) is 9.12. The van der Waals surface area contributed by atoms with E-state index in [9.17, 15) is 0 Å². The van der Waals surface area contributed by atoms with Crippen LogP contribution >= 0.6 is 0 Å². The molecular formula is C14H18N4O. The molecule has 0 atom stereocenters. The minimum absolute atomic E-state index is 0.578. The predicted molar refractivity (Wildman–Crippen MR) is 77.3 cm³/mol. The molecule has 0 saturated heterocycles. The Morgan fingerprint density at radius 2 is 1.89 bits per heavy atom. The molecule has 2 rings (SSSR count). The van der Waals surface area contributed by atoms with Gasteiger partial charge in [0.25, 0.3) is 0 Å². The van der Waals surface area contributed by atoms with Gasteiger partial charge in [-0.3, -0.25) is 0 Å². The molecule has 0 spiro atoms. The molecule has 0 aliphatic rings. The molecule has 5 heteroatoms. The van der Waals surface area contributed by atoms with Crippen molar-refractivity contribution in [2.45, 2.75) is 13.8 Å². The zero-order valence-corrected chi connectivity index (χ0v) is 11.6. The molecule has 19 heavy (non-hydrogen) atoms. The number of ether oxygens (including phenoxy) is 1. The number of nitrogens with one attached hydrogen (secondary N) is 2. The average molecular weight is 258 g/mol. The van der Waals surface area contributed by atoms with Gasteiger partial charge in [-0.1, -0.05) is 0 Å². The van der Waals surface area contributed by atoms with Crippen LogP contribution in [0.5, 0.6) is 5.75 Å². The van der Waals surface area contributed by atoms with Crippen LogP contribution in [0.15, 0.2) is 24.3 Å². The van der Waals surface area contributed by atoms with Gasteiger partial charge in [0.15, 0.2) is 0 Å². The number of nitrogens with zero attached hydrogens (tertiary/aromatic N) is 2. The molecule has 0 fully saturated rings. The second kappa shape index (κ2) is 5.56. The van der Waals surface area contributed by atoms with Crippen molar-refractivity contribution >= 4 is 17.5 Å². The van der Waals surface area contributed by atoms with Crippen molar-refractivity contribution in [3.8, 4) is 5.75 Å². The van der Waals surface area contributed by atoms with Gasteiger partial charge < -0.3 is 15.4 Å². The van der Waals surface area contributed by atoms with E-state index in [1.54, 1.807) is 7.11 Å². The van der Waals surface area contributed by atoms with Crippen molar-refractivity contribution in [2.75, 3.05) is 24.8 Å². The third-order valence-corrected chi connectivity index (χ3v) is 2.76. The van der Waals surface area contributed by atoms with Crippen LogP contribution < -0.4 is 15.4 Å². The smallest absolute Gasteiger partial charge is 0.229 e. The second-order valence-electron chi connectivity index (χ2n) is 4.28. The first-order valence-electron chi connectivity index (χ1n) is 6.07. The maximum Gasteiger partial charge on any atom is 0.229 e. The Hall–Kier alpha value is -2.30. The monoisotopic (exact) mass is 258 g/mol. The van der Waals surface area contributed by atoms with Crippen LogP contribution in [-0.4, -0.2) is 24.1 Å². The Balaban J connectivity index is 2.25. The quantitative estimate of drug-likeness (QED) is 0.883. The SMILES string of the molecule is CNc1cc(C)nc(Nc2ccc(OC)c(C)c2)n1. The van der Waals surface area contributed by atoms with E-state index in [1.807, 2.05) is 45.2 Å². The fourth-order valence-corrected chi connectivity index (χ4v) is 1.84. The normalized spacial score (nSPS) is 10.1. The number of benzene rings is 1. The number of anilines is 3. The molecule has 5 nitrogen and oxygen atoms in total. The molecule has 1 heterocycles. The molecular weight excluding hydrogens is 240 g/mol. The standard InChI is InChI=1S/C14H18N4O/c1-9-7-11(5-6-12(9)19-4)17-14-16-10(2)8-13(15-3)18-14/h5-8H,1-4H3,(H2,15,16,17,18). The van der Waals surface area contributed by atoms with E-state index < -0.39 is 0 Å². The molecule has 0 unspecified atom stereocenters. The first kappa shape index (κ1) is 13.1. The van der Waals surface area contributed by atoms with Crippen LogP contribution in [-0.2, 0) is 0 Å². The average Bonchev–Trinajstić information content (AvgIpc) is 2.38. The molecule has 0 amide bonds. The highest BCUT2D eigenvalue weighted by Gasteiger charge is 2.04. The molecule has 0 aliphatic heterocycles. The van der Waals surface area contributed by atoms with Crippen molar-refractivity contribution in [3.05, 3.63) is 35.5 Å². The van der Waals surface area contributed by atoms with Crippen LogP contribution in [0, 0.1) is 13.8 Å². The maximum absolute atomic E-state index is 5.24. The summed E-state index contributed by atoms with van der Waals surface area (Å²) in [4.78, 5) is 8.71. The Morgan fingerprint density at radius 3 is 2.53 bits per heavy atom. The number of aryl methyl sites for hydroxylation is 2. The zero-order valence-electron chi connectivity index (χ0n) is 11.6. The molecule has 0 saturated carbocycles. The molecule has 1 aromatic carbocycles. The van der Waals surface area contributed by atoms with Gasteiger partial charge in [-0.25, -0.2) is 4.98 Å². The predicted octanol–water partition coefficient (Wildman–Crippen LogP) is 2.89. The number of methoxy groups -OCH3 is 1. The second-order valence-corrected chi connectivity index (χ2v) is 4.28. The Bertz CT molecular complexity index is 584. The zero-order chi connectivity index (χ0) is 13.8. The Labute approximate surface area is 113 Å². The van der Waals surface area contributed by atoms with E-state index in [2.05, 4.69) is 20.6 Å². The van der Waals surface area contributed by atoms with E-state index in [1.165, 1.54) is 0 Å². The minimum Gasteiger partial charge on any atom is -0.496 e. The van der Waals surface area contributed by atoms with Gasteiger partial charge >= 0.3 is 0 Å². The Morgan fingerprint density at radius 1 is 1.11 bits per heavy atom. The van der Waals surface area contributed by atoms with Crippen LogP contribution in [0.3, 0.4) is 0 Å². The van der Waals surface area contributed by atoms with Crippen molar-refractivity contribution in [1.29, 1.82) is 0 Å². The van der Waals surface area contributed by atoms with Gasteiger partial charge in [0.2, 0.25) is 5.95 Å². The van der Waals surface area contributed by atoms with Crippen LogP contribution in [0.25, 0.3) is 0 Å². The van der Waals surface area contributed by atoms with Crippen molar-refractivity contribution in [3.63, 3.8) is 0 Å². The van der Waals surface area contributed by atoms with Gasteiger partial charge in [-0.2, -0.15) is 4.98 Å². The maximum atomic E-state index is 5.24.